The first-order valence-electron chi connectivity index (χ1n) is 12.3. The molecule has 1 saturated heterocycles. The zero-order valence-electron chi connectivity index (χ0n) is 22.0. The second kappa shape index (κ2) is 12.8. The van der Waals surface area contributed by atoms with Crippen LogP contribution < -0.4 is 21.7 Å². The van der Waals surface area contributed by atoms with Crippen LogP contribution in [-0.4, -0.2) is 68.1 Å². The predicted molar refractivity (Wildman–Crippen MR) is 152 cm³/mol. The first-order chi connectivity index (χ1) is 18.3. The maximum absolute atomic E-state index is 13.4. The van der Waals surface area contributed by atoms with Crippen LogP contribution in [0.15, 0.2) is 54.6 Å². The van der Waals surface area contributed by atoms with Gasteiger partial charge in [-0.1, -0.05) is 64.1 Å². The molecule has 2 aromatic rings. The summed E-state index contributed by atoms with van der Waals surface area (Å²) in [7, 11) is 2.43. The van der Waals surface area contributed by atoms with Crippen molar-refractivity contribution in [1.29, 1.82) is 0 Å². The topological polar surface area (TPSA) is 171 Å². The quantitative estimate of drug-likeness (QED) is 0.269. The number of phenolic OH excluding ortho intramolecular Hbond substituents is 1. The van der Waals surface area contributed by atoms with Crippen molar-refractivity contribution in [2.45, 2.75) is 62.0 Å². The Balaban J connectivity index is 1.85. The highest BCUT2D eigenvalue weighted by Gasteiger charge is 2.41. The van der Waals surface area contributed by atoms with Gasteiger partial charge in [0.25, 0.3) is 0 Å². The molecule has 3 rings (SSSR count). The van der Waals surface area contributed by atoms with Crippen LogP contribution in [0, 0.1) is 0 Å². The van der Waals surface area contributed by atoms with Crippen molar-refractivity contribution < 1.29 is 29.4 Å². The molecule has 1 heterocycles. The predicted octanol–water partition coefficient (Wildman–Crippen LogP) is 1.61. The number of amides is 3. The van der Waals surface area contributed by atoms with Crippen LogP contribution in [0.25, 0.3) is 0 Å². The van der Waals surface area contributed by atoms with Gasteiger partial charge < -0.3 is 31.9 Å². The number of hydrogen-bond acceptors (Lipinski definition) is 8. The van der Waals surface area contributed by atoms with E-state index in [0.717, 1.165) is 11.1 Å². The molecule has 2 aromatic carbocycles. The summed E-state index contributed by atoms with van der Waals surface area (Å²) in [5.41, 5.74) is 6.46. The molecule has 1 aliphatic heterocycles. The largest absolute Gasteiger partial charge is 0.508 e. The average molecular weight is 575 g/mol. The zero-order chi connectivity index (χ0) is 28.8. The molecule has 10 nitrogen and oxygen atoms in total. The monoisotopic (exact) mass is 574 g/mol. The van der Waals surface area contributed by atoms with Crippen LogP contribution in [0.1, 0.15) is 31.9 Å². The summed E-state index contributed by atoms with van der Waals surface area (Å²) in [6.45, 7) is 4.95. The lowest BCUT2D eigenvalue weighted by atomic mass is 9.92. The van der Waals surface area contributed by atoms with E-state index in [1.54, 1.807) is 57.2 Å². The van der Waals surface area contributed by atoms with Gasteiger partial charge in [-0.15, -0.1) is 0 Å². The van der Waals surface area contributed by atoms with Crippen LogP contribution in [0.3, 0.4) is 0 Å². The van der Waals surface area contributed by atoms with Gasteiger partial charge in [0.1, 0.15) is 23.9 Å². The van der Waals surface area contributed by atoms with Crippen LogP contribution in [0.4, 0.5) is 0 Å². The molecule has 0 aromatic heterocycles. The molecule has 7 N–H and O–H groups in total. The molecule has 39 heavy (non-hydrogen) atoms. The molecule has 210 valence electrons. The second-order valence-electron chi connectivity index (χ2n) is 10.3. The summed E-state index contributed by atoms with van der Waals surface area (Å²) in [5, 5.41) is 27.4. The lowest BCUT2D eigenvalue weighted by molar-refractivity contribution is -0.143. The maximum Gasteiger partial charge on any atom is 0.327 e. The summed E-state index contributed by atoms with van der Waals surface area (Å²) in [4.78, 5) is 52.0. The normalized spacial score (nSPS) is 23.3. The number of hydrogen-bond donors (Lipinski definition) is 6. The molecule has 0 bridgehead atoms. The average Bonchev–Trinajstić information content (AvgIpc) is 2.88. The number of aliphatic carboxylic acids is 1. The van der Waals surface area contributed by atoms with Crippen molar-refractivity contribution in [3.63, 3.8) is 0 Å². The fourth-order valence-corrected chi connectivity index (χ4v) is 6.84. The van der Waals surface area contributed by atoms with Crippen molar-refractivity contribution in [3.8, 4) is 5.75 Å². The van der Waals surface area contributed by atoms with E-state index in [4.69, 9.17) is 5.73 Å². The Bertz CT molecular complexity index is 1190. The van der Waals surface area contributed by atoms with Gasteiger partial charge in [-0.3, -0.25) is 14.4 Å². The number of benzene rings is 2. The van der Waals surface area contributed by atoms with E-state index in [1.165, 1.54) is 33.7 Å². The summed E-state index contributed by atoms with van der Waals surface area (Å²) < 4.78 is -0.938. The van der Waals surface area contributed by atoms with E-state index in [0.29, 0.717) is 0 Å². The Morgan fingerprint density at radius 1 is 1.05 bits per heavy atom. The van der Waals surface area contributed by atoms with Gasteiger partial charge in [0.2, 0.25) is 17.7 Å². The summed E-state index contributed by atoms with van der Waals surface area (Å²) in [6, 6.07) is 12.0. The van der Waals surface area contributed by atoms with Crippen LogP contribution in [0.2, 0.25) is 0 Å². The molecule has 12 heteroatoms. The fraction of sp³-hybridized carbons (Fsp3) is 0.407. The lowest BCUT2D eigenvalue weighted by Crippen LogP contribution is -2.61. The van der Waals surface area contributed by atoms with Gasteiger partial charge in [0.15, 0.2) is 0 Å². The maximum atomic E-state index is 13.4. The van der Waals surface area contributed by atoms with E-state index in [9.17, 15) is 29.4 Å². The molecule has 1 aliphatic rings. The molecule has 4 atom stereocenters. The van der Waals surface area contributed by atoms with E-state index < -0.39 is 52.1 Å². The number of carboxylic acids is 1. The van der Waals surface area contributed by atoms with Crippen LogP contribution in [-0.2, 0) is 32.0 Å². The number of carbonyl (C=O) groups is 4. The van der Waals surface area contributed by atoms with Gasteiger partial charge in [-0.25, -0.2) is 4.79 Å². The van der Waals surface area contributed by atoms with Crippen molar-refractivity contribution in [3.05, 3.63) is 65.7 Å². The molecule has 0 saturated carbocycles. The Hall–Kier alpha value is -3.22. The standard InChI is InChI=1S/C27H34N4O6S2/c1-26(2)21(24(35)36)31-22(33)19(13-16-7-5-4-6-8-16)29-23(34)20(15-38-39-26)30-25(37)27(3,28)14-17-9-11-18(32)12-10-17/h4-12,19-21,32H,13-15,28H2,1-3H3,(H,29,34)(H,30,37)(H,31,33)(H,35,36)/t19-,20+,21-,27-/m0/s1. The van der Waals surface area contributed by atoms with E-state index in [2.05, 4.69) is 16.0 Å². The minimum absolute atomic E-state index is 0.0905. The Labute approximate surface area is 235 Å². The van der Waals surface area contributed by atoms with Crippen molar-refractivity contribution >= 4 is 45.3 Å². The Kier molecular flexibility index (Phi) is 9.92. The third-order valence-electron chi connectivity index (χ3n) is 6.30. The van der Waals surface area contributed by atoms with Crippen LogP contribution in [0.5, 0.6) is 5.75 Å². The number of phenols is 1. The smallest absolute Gasteiger partial charge is 0.327 e. The number of nitrogens with one attached hydrogen (secondary N) is 3. The first-order valence-corrected chi connectivity index (χ1v) is 14.7. The molecular weight excluding hydrogens is 540 g/mol. The molecule has 0 aliphatic carbocycles. The highest BCUT2D eigenvalue weighted by molar-refractivity contribution is 8.77. The Morgan fingerprint density at radius 2 is 1.69 bits per heavy atom. The molecule has 0 spiro atoms. The molecule has 0 unspecified atom stereocenters. The zero-order valence-corrected chi connectivity index (χ0v) is 23.6. The van der Waals surface area contributed by atoms with Crippen molar-refractivity contribution in [2.24, 2.45) is 5.73 Å². The lowest BCUT2D eigenvalue weighted by Gasteiger charge is -2.31. The molecule has 1 fully saturated rings. The minimum atomic E-state index is -1.38. The summed E-state index contributed by atoms with van der Waals surface area (Å²) in [6.07, 6.45) is 0.281. The number of rotatable bonds is 7. The first kappa shape index (κ1) is 30.3. The number of aromatic hydroxyl groups is 1. The van der Waals surface area contributed by atoms with Gasteiger partial charge in [-0.05, 0) is 50.5 Å². The summed E-state index contributed by atoms with van der Waals surface area (Å²) >= 11 is 0. The van der Waals surface area contributed by atoms with Crippen molar-refractivity contribution in [2.75, 3.05) is 5.75 Å². The van der Waals surface area contributed by atoms with Crippen molar-refractivity contribution in [1.82, 2.24) is 16.0 Å². The third-order valence-corrected chi connectivity index (χ3v) is 9.60. The highest BCUT2D eigenvalue weighted by Crippen LogP contribution is 2.39. The van der Waals surface area contributed by atoms with E-state index >= 15 is 0 Å². The summed E-state index contributed by atoms with van der Waals surface area (Å²) in [5.74, 6) is -2.78. The fourth-order valence-electron chi connectivity index (χ4n) is 4.03. The molecular formula is C27H34N4O6S2. The van der Waals surface area contributed by atoms with E-state index in [1.807, 2.05) is 6.07 Å². The number of carbonyl (C=O) groups excluding carboxylic acids is 3. The van der Waals surface area contributed by atoms with Gasteiger partial charge >= 0.3 is 5.97 Å². The number of carboxylic acid groups (broad SMARTS) is 1. The van der Waals surface area contributed by atoms with Gasteiger partial charge in [0, 0.05) is 12.2 Å². The molecule has 0 radical (unpaired) electrons. The second-order valence-corrected chi connectivity index (χ2v) is 13.3. The SMILES string of the molecule is CC1(C)SSC[C@@H](NC(=O)[C@@](C)(N)Cc2ccc(O)cc2)C(=O)N[C@@H](Cc2ccccc2)C(=O)N[C@H]1C(=O)O. The van der Waals surface area contributed by atoms with Gasteiger partial charge in [0.05, 0.1) is 10.3 Å². The Morgan fingerprint density at radius 3 is 2.31 bits per heavy atom. The highest BCUT2D eigenvalue weighted by atomic mass is 33.1. The van der Waals surface area contributed by atoms with Crippen LogP contribution >= 0.6 is 21.6 Å². The van der Waals surface area contributed by atoms with Gasteiger partial charge in [-0.2, -0.15) is 0 Å². The number of nitrogens with two attached hydrogens (primary N) is 1. The molecule has 3 amide bonds. The minimum Gasteiger partial charge on any atom is -0.508 e. The third kappa shape index (κ3) is 8.38. The van der Waals surface area contributed by atoms with E-state index in [-0.39, 0.29) is 24.3 Å².